The highest BCUT2D eigenvalue weighted by Crippen LogP contribution is 2.27. The maximum atomic E-state index is 5.48. The summed E-state index contributed by atoms with van der Waals surface area (Å²) in [6.45, 7) is 7.99. The second-order valence-corrected chi connectivity index (χ2v) is 6.07. The summed E-state index contributed by atoms with van der Waals surface area (Å²) < 4.78 is 5.48. The SMILES string of the molecule is CC(C)CNCc1nnc(C2CCCOC2)s1. The Hall–Kier alpha value is -0.520. The summed E-state index contributed by atoms with van der Waals surface area (Å²) in [7, 11) is 0. The summed E-state index contributed by atoms with van der Waals surface area (Å²) in [4.78, 5) is 0. The molecule has 0 radical (unpaired) electrons. The van der Waals surface area contributed by atoms with Crippen molar-refractivity contribution >= 4 is 11.3 Å². The van der Waals surface area contributed by atoms with Gasteiger partial charge < -0.3 is 10.1 Å². The number of rotatable bonds is 5. The zero-order chi connectivity index (χ0) is 12.1. The van der Waals surface area contributed by atoms with Crippen molar-refractivity contribution in [3.63, 3.8) is 0 Å². The van der Waals surface area contributed by atoms with E-state index in [1.165, 1.54) is 6.42 Å². The van der Waals surface area contributed by atoms with Gasteiger partial charge >= 0.3 is 0 Å². The van der Waals surface area contributed by atoms with Crippen LogP contribution in [0.2, 0.25) is 0 Å². The van der Waals surface area contributed by atoms with Crippen LogP contribution in [0.3, 0.4) is 0 Å². The zero-order valence-electron chi connectivity index (χ0n) is 10.6. The molecule has 17 heavy (non-hydrogen) atoms. The fourth-order valence-electron chi connectivity index (χ4n) is 1.91. The molecule has 1 saturated heterocycles. The van der Waals surface area contributed by atoms with Gasteiger partial charge in [-0.3, -0.25) is 0 Å². The van der Waals surface area contributed by atoms with Crippen molar-refractivity contribution in [2.45, 2.75) is 39.2 Å². The minimum atomic E-state index is 0.472. The number of hydrogen-bond acceptors (Lipinski definition) is 5. The minimum Gasteiger partial charge on any atom is -0.381 e. The van der Waals surface area contributed by atoms with Gasteiger partial charge in [0.2, 0.25) is 0 Å². The lowest BCUT2D eigenvalue weighted by atomic mass is 10.0. The summed E-state index contributed by atoms with van der Waals surface area (Å²) in [5, 5.41) is 14.2. The topological polar surface area (TPSA) is 47.0 Å². The van der Waals surface area contributed by atoms with Gasteiger partial charge in [-0.05, 0) is 25.3 Å². The maximum absolute atomic E-state index is 5.48. The van der Waals surface area contributed by atoms with E-state index in [-0.39, 0.29) is 0 Å². The lowest BCUT2D eigenvalue weighted by molar-refractivity contribution is 0.0802. The molecule has 0 spiro atoms. The van der Waals surface area contributed by atoms with Crippen molar-refractivity contribution in [2.75, 3.05) is 19.8 Å². The van der Waals surface area contributed by atoms with Gasteiger partial charge in [0, 0.05) is 19.1 Å². The Labute approximate surface area is 107 Å². The second-order valence-electron chi connectivity index (χ2n) is 4.97. The van der Waals surface area contributed by atoms with E-state index < -0.39 is 0 Å². The van der Waals surface area contributed by atoms with Crippen LogP contribution >= 0.6 is 11.3 Å². The average molecular weight is 255 g/mol. The van der Waals surface area contributed by atoms with E-state index >= 15 is 0 Å². The Kier molecular flexibility index (Phi) is 4.88. The molecule has 0 amide bonds. The lowest BCUT2D eigenvalue weighted by Gasteiger charge is -2.19. The summed E-state index contributed by atoms with van der Waals surface area (Å²) in [6, 6.07) is 0. The molecule has 1 aliphatic rings. The quantitative estimate of drug-likeness (QED) is 0.876. The Morgan fingerprint density at radius 1 is 1.47 bits per heavy atom. The van der Waals surface area contributed by atoms with Crippen LogP contribution in [0.15, 0.2) is 0 Å². The molecule has 1 aliphatic heterocycles. The molecular formula is C12H21N3OS. The van der Waals surface area contributed by atoms with Gasteiger partial charge in [0.15, 0.2) is 0 Å². The highest BCUT2D eigenvalue weighted by atomic mass is 32.1. The molecule has 1 aromatic heterocycles. The molecule has 0 bridgehead atoms. The fourth-order valence-corrected chi connectivity index (χ4v) is 2.84. The summed E-state index contributed by atoms with van der Waals surface area (Å²) in [5.74, 6) is 1.15. The van der Waals surface area contributed by atoms with Gasteiger partial charge in [0.1, 0.15) is 10.0 Å². The third-order valence-corrected chi connectivity index (χ3v) is 3.91. The third kappa shape index (κ3) is 4.01. The van der Waals surface area contributed by atoms with Crippen LogP contribution in [0.1, 0.15) is 42.6 Å². The normalized spacial score (nSPS) is 21.0. The van der Waals surface area contributed by atoms with Gasteiger partial charge in [0.05, 0.1) is 6.61 Å². The predicted octanol–water partition coefficient (Wildman–Crippen LogP) is 2.18. The number of ether oxygens (including phenoxy) is 1. The van der Waals surface area contributed by atoms with Crippen LogP contribution in [0.5, 0.6) is 0 Å². The van der Waals surface area contributed by atoms with Crippen LogP contribution in [0, 0.1) is 5.92 Å². The number of aromatic nitrogens is 2. The van der Waals surface area contributed by atoms with Gasteiger partial charge in [0.25, 0.3) is 0 Å². The van der Waals surface area contributed by atoms with Crippen molar-refractivity contribution in [3.05, 3.63) is 10.0 Å². The number of nitrogens with zero attached hydrogens (tertiary/aromatic N) is 2. The molecule has 1 N–H and O–H groups in total. The van der Waals surface area contributed by atoms with E-state index in [2.05, 4.69) is 29.4 Å². The second kappa shape index (κ2) is 6.42. The molecule has 0 saturated carbocycles. The van der Waals surface area contributed by atoms with Crippen LogP contribution in [0.25, 0.3) is 0 Å². The van der Waals surface area contributed by atoms with Crippen LogP contribution in [0.4, 0.5) is 0 Å². The van der Waals surface area contributed by atoms with Gasteiger partial charge in [-0.1, -0.05) is 25.2 Å². The first kappa shape index (κ1) is 12.9. The first-order chi connectivity index (χ1) is 8.25. The van der Waals surface area contributed by atoms with Crippen molar-refractivity contribution < 1.29 is 4.74 Å². The van der Waals surface area contributed by atoms with Crippen LogP contribution < -0.4 is 5.32 Å². The molecule has 0 aromatic carbocycles. The van der Waals surface area contributed by atoms with E-state index in [1.54, 1.807) is 11.3 Å². The molecule has 96 valence electrons. The average Bonchev–Trinajstić information content (AvgIpc) is 2.78. The number of nitrogens with one attached hydrogen (secondary N) is 1. The molecule has 1 aromatic rings. The van der Waals surface area contributed by atoms with E-state index in [9.17, 15) is 0 Å². The Balaban J connectivity index is 1.82. The van der Waals surface area contributed by atoms with E-state index in [0.717, 1.165) is 42.7 Å². The molecular weight excluding hydrogens is 234 g/mol. The van der Waals surface area contributed by atoms with Gasteiger partial charge in [-0.2, -0.15) is 0 Å². The molecule has 1 atom stereocenters. The predicted molar refractivity (Wildman–Crippen MR) is 69.2 cm³/mol. The third-order valence-electron chi connectivity index (χ3n) is 2.82. The van der Waals surface area contributed by atoms with Gasteiger partial charge in [-0.15, -0.1) is 10.2 Å². The van der Waals surface area contributed by atoms with Crippen molar-refractivity contribution in [1.29, 1.82) is 0 Å². The van der Waals surface area contributed by atoms with E-state index in [1.807, 2.05) is 0 Å². The Bertz CT molecular complexity index is 334. The lowest BCUT2D eigenvalue weighted by Crippen LogP contribution is -2.18. The molecule has 2 rings (SSSR count). The Morgan fingerprint density at radius 2 is 2.35 bits per heavy atom. The molecule has 1 unspecified atom stereocenters. The summed E-state index contributed by atoms with van der Waals surface area (Å²) in [6.07, 6.45) is 2.33. The minimum absolute atomic E-state index is 0.472. The summed E-state index contributed by atoms with van der Waals surface area (Å²) >= 11 is 1.73. The highest BCUT2D eigenvalue weighted by molar-refractivity contribution is 7.11. The van der Waals surface area contributed by atoms with E-state index in [4.69, 9.17) is 4.74 Å². The van der Waals surface area contributed by atoms with E-state index in [0.29, 0.717) is 11.8 Å². The monoisotopic (exact) mass is 255 g/mol. The fraction of sp³-hybridized carbons (Fsp3) is 0.833. The Morgan fingerprint density at radius 3 is 3.06 bits per heavy atom. The van der Waals surface area contributed by atoms with Crippen LogP contribution in [-0.2, 0) is 11.3 Å². The highest BCUT2D eigenvalue weighted by Gasteiger charge is 2.20. The van der Waals surface area contributed by atoms with Gasteiger partial charge in [-0.25, -0.2) is 0 Å². The molecule has 2 heterocycles. The summed E-state index contributed by atoms with van der Waals surface area (Å²) in [5.41, 5.74) is 0. The molecule has 5 heteroatoms. The largest absolute Gasteiger partial charge is 0.381 e. The molecule has 1 fully saturated rings. The first-order valence-corrected chi connectivity index (χ1v) is 7.18. The van der Waals surface area contributed by atoms with Crippen LogP contribution in [-0.4, -0.2) is 30.0 Å². The maximum Gasteiger partial charge on any atom is 0.131 e. The van der Waals surface area contributed by atoms with Crippen molar-refractivity contribution in [3.8, 4) is 0 Å². The smallest absolute Gasteiger partial charge is 0.131 e. The zero-order valence-corrected chi connectivity index (χ0v) is 11.4. The molecule has 0 aliphatic carbocycles. The first-order valence-electron chi connectivity index (χ1n) is 6.36. The van der Waals surface area contributed by atoms with Crippen molar-refractivity contribution in [2.24, 2.45) is 5.92 Å². The standard InChI is InChI=1S/C12H21N3OS/c1-9(2)6-13-7-11-14-15-12(17-11)10-4-3-5-16-8-10/h9-10,13H,3-8H2,1-2H3. The molecule has 4 nitrogen and oxygen atoms in total. The number of hydrogen-bond donors (Lipinski definition) is 1. The van der Waals surface area contributed by atoms with Crippen molar-refractivity contribution in [1.82, 2.24) is 15.5 Å².